The summed E-state index contributed by atoms with van der Waals surface area (Å²) in [5.74, 6) is 0. The summed E-state index contributed by atoms with van der Waals surface area (Å²) in [5, 5.41) is 18.2. The van der Waals surface area contributed by atoms with Crippen LogP contribution in [0.2, 0.25) is 0 Å². The number of aliphatic hydroxyl groups excluding tert-OH is 2. The average molecular weight is 664 g/mol. The highest BCUT2D eigenvalue weighted by Crippen LogP contribution is 2.46. The zero-order chi connectivity index (χ0) is 22.9. The van der Waals surface area contributed by atoms with E-state index in [9.17, 15) is 0 Å². The van der Waals surface area contributed by atoms with Crippen LogP contribution < -0.4 is 0 Å². The Balaban J connectivity index is 0.000000181. The first-order chi connectivity index (χ1) is 15.6. The molecular formula is C26H34I2O4. The number of hydrogen-bond donors (Lipinski definition) is 2. The van der Waals surface area contributed by atoms with Crippen molar-refractivity contribution in [3.8, 4) is 0 Å². The highest BCUT2D eigenvalue weighted by molar-refractivity contribution is 14.1. The van der Waals surface area contributed by atoms with Gasteiger partial charge in [-0.25, -0.2) is 0 Å². The molecule has 0 unspecified atom stereocenters. The normalized spacial score (nSPS) is 19.4. The second-order valence-corrected chi connectivity index (χ2v) is 10.8. The molecule has 6 heteroatoms. The summed E-state index contributed by atoms with van der Waals surface area (Å²) in [6.45, 7) is 1.48. The van der Waals surface area contributed by atoms with Crippen molar-refractivity contribution >= 4 is 45.2 Å². The number of alkyl halides is 2. The van der Waals surface area contributed by atoms with Gasteiger partial charge in [-0.2, -0.15) is 0 Å². The van der Waals surface area contributed by atoms with E-state index in [2.05, 4.69) is 69.4 Å². The average Bonchev–Trinajstić information content (AvgIpc) is 2.80. The van der Waals surface area contributed by atoms with Crippen LogP contribution in [0.15, 0.2) is 60.7 Å². The van der Waals surface area contributed by atoms with Gasteiger partial charge >= 0.3 is 0 Å². The predicted octanol–water partition coefficient (Wildman–Crippen LogP) is 5.56. The Morgan fingerprint density at radius 1 is 0.656 bits per heavy atom. The second-order valence-electron chi connectivity index (χ2n) is 9.24. The Bertz CT molecular complexity index is 695. The first kappa shape index (κ1) is 26.3. The molecule has 2 aromatic carbocycles. The molecule has 4 rings (SSSR count). The van der Waals surface area contributed by atoms with Crippen LogP contribution in [0.1, 0.15) is 36.8 Å². The number of ether oxygens (including phenoxy) is 2. The molecule has 2 N–H and O–H groups in total. The predicted molar refractivity (Wildman–Crippen MR) is 145 cm³/mol. The number of aliphatic hydroxyl groups is 2. The summed E-state index contributed by atoms with van der Waals surface area (Å²) in [4.78, 5) is 0. The van der Waals surface area contributed by atoms with Crippen LogP contribution >= 0.6 is 45.2 Å². The largest absolute Gasteiger partial charge is 0.396 e. The summed E-state index contributed by atoms with van der Waals surface area (Å²) in [7, 11) is 0. The summed E-state index contributed by atoms with van der Waals surface area (Å²) in [6.07, 6.45) is 4.67. The van der Waals surface area contributed by atoms with Crippen LogP contribution in [-0.2, 0) is 22.7 Å². The van der Waals surface area contributed by atoms with Gasteiger partial charge in [-0.05, 0) is 42.2 Å². The quantitative estimate of drug-likeness (QED) is 0.258. The van der Waals surface area contributed by atoms with E-state index in [1.807, 2.05) is 36.4 Å². The van der Waals surface area contributed by atoms with Crippen molar-refractivity contribution in [3.63, 3.8) is 0 Å². The van der Waals surface area contributed by atoms with Gasteiger partial charge in [0, 0.05) is 14.3 Å². The van der Waals surface area contributed by atoms with Gasteiger partial charge in [0.1, 0.15) is 0 Å². The van der Waals surface area contributed by atoms with Gasteiger partial charge in [0.05, 0.1) is 38.6 Å². The molecule has 2 aliphatic carbocycles. The molecule has 0 amide bonds. The lowest BCUT2D eigenvalue weighted by Gasteiger charge is -2.45. The topological polar surface area (TPSA) is 58.9 Å². The standard InChI is InChI=1S/C13H16I2O.C13H18O3/c2*14-9-13(10-15)6-12(7-13)16-8-11-4-2-1-3-5-11/h1-5,12H,6-10H2;1-5,12,14-15H,6-10H2. The van der Waals surface area contributed by atoms with Crippen LogP contribution in [0.5, 0.6) is 0 Å². The Morgan fingerprint density at radius 3 is 1.38 bits per heavy atom. The van der Waals surface area contributed by atoms with Crippen LogP contribution in [0.25, 0.3) is 0 Å². The molecule has 0 spiro atoms. The molecule has 2 saturated carbocycles. The summed E-state index contributed by atoms with van der Waals surface area (Å²) in [6, 6.07) is 20.5. The maximum absolute atomic E-state index is 9.12. The van der Waals surface area contributed by atoms with Crippen LogP contribution in [-0.4, -0.2) is 44.5 Å². The molecule has 32 heavy (non-hydrogen) atoms. The molecule has 0 aromatic heterocycles. The number of rotatable bonds is 10. The van der Waals surface area contributed by atoms with Gasteiger partial charge in [-0.1, -0.05) is 106 Å². The van der Waals surface area contributed by atoms with E-state index in [1.165, 1.54) is 27.3 Å². The van der Waals surface area contributed by atoms with Gasteiger partial charge in [-0.15, -0.1) is 0 Å². The van der Waals surface area contributed by atoms with Crippen LogP contribution in [0.4, 0.5) is 0 Å². The Morgan fingerprint density at radius 2 is 1.03 bits per heavy atom. The van der Waals surface area contributed by atoms with E-state index in [-0.39, 0.29) is 24.7 Å². The van der Waals surface area contributed by atoms with Crippen molar-refractivity contribution in [1.82, 2.24) is 0 Å². The third-order valence-electron chi connectivity index (χ3n) is 6.54. The fourth-order valence-corrected chi connectivity index (χ4v) is 7.00. The van der Waals surface area contributed by atoms with E-state index in [1.54, 1.807) is 0 Å². The number of halogens is 2. The lowest BCUT2D eigenvalue weighted by molar-refractivity contribution is -0.127. The molecule has 0 aliphatic heterocycles. The third-order valence-corrected chi connectivity index (χ3v) is 9.77. The molecule has 0 bridgehead atoms. The van der Waals surface area contributed by atoms with Crippen molar-refractivity contribution in [2.75, 3.05) is 22.1 Å². The van der Waals surface area contributed by atoms with Gasteiger partial charge in [-0.3, -0.25) is 0 Å². The van der Waals surface area contributed by atoms with Crippen molar-refractivity contribution in [2.24, 2.45) is 10.8 Å². The van der Waals surface area contributed by atoms with Crippen molar-refractivity contribution in [3.05, 3.63) is 71.8 Å². The smallest absolute Gasteiger partial charge is 0.0720 e. The van der Waals surface area contributed by atoms with Gasteiger partial charge in [0.15, 0.2) is 0 Å². The Kier molecular flexibility index (Phi) is 10.7. The highest BCUT2D eigenvalue weighted by Gasteiger charge is 2.44. The lowest BCUT2D eigenvalue weighted by Crippen LogP contribution is -2.47. The number of hydrogen-bond acceptors (Lipinski definition) is 4. The van der Waals surface area contributed by atoms with Gasteiger partial charge in [0.25, 0.3) is 0 Å². The summed E-state index contributed by atoms with van der Waals surface area (Å²) < 4.78 is 14.1. The fourth-order valence-electron chi connectivity index (χ4n) is 4.19. The molecule has 4 nitrogen and oxygen atoms in total. The molecule has 2 aliphatic rings. The minimum absolute atomic E-state index is 0.0503. The summed E-state index contributed by atoms with van der Waals surface area (Å²) >= 11 is 5.01. The maximum Gasteiger partial charge on any atom is 0.0720 e. The zero-order valence-corrected chi connectivity index (χ0v) is 22.8. The van der Waals surface area contributed by atoms with Crippen molar-refractivity contribution in [1.29, 1.82) is 0 Å². The van der Waals surface area contributed by atoms with Gasteiger partial charge in [0.2, 0.25) is 0 Å². The fraction of sp³-hybridized carbons (Fsp3) is 0.538. The summed E-state index contributed by atoms with van der Waals surface area (Å²) in [5.41, 5.74) is 2.72. The molecule has 0 heterocycles. The molecule has 2 aromatic rings. The Labute approximate surface area is 219 Å². The minimum Gasteiger partial charge on any atom is -0.396 e. The molecule has 176 valence electrons. The first-order valence-corrected chi connectivity index (χ1v) is 14.3. The Hall–Kier alpha value is -0.260. The van der Waals surface area contributed by atoms with Crippen molar-refractivity contribution in [2.45, 2.75) is 51.1 Å². The zero-order valence-electron chi connectivity index (χ0n) is 18.5. The molecular weight excluding hydrogens is 630 g/mol. The highest BCUT2D eigenvalue weighted by atomic mass is 127. The molecule has 0 saturated heterocycles. The van der Waals surface area contributed by atoms with Crippen LogP contribution in [0.3, 0.4) is 0 Å². The SMILES string of the molecule is ICC1(CI)CC(OCc2ccccc2)C1.OCC1(CO)CC(OCc2ccccc2)C1. The van der Waals surface area contributed by atoms with Crippen molar-refractivity contribution < 1.29 is 19.7 Å². The third kappa shape index (κ3) is 7.37. The van der Waals surface area contributed by atoms with E-state index < -0.39 is 0 Å². The van der Waals surface area contributed by atoms with E-state index in [4.69, 9.17) is 19.7 Å². The molecule has 2 fully saturated rings. The van der Waals surface area contributed by atoms with E-state index in [0.717, 1.165) is 25.0 Å². The molecule has 0 radical (unpaired) electrons. The first-order valence-electron chi connectivity index (χ1n) is 11.2. The maximum atomic E-state index is 9.12. The number of benzene rings is 2. The lowest BCUT2D eigenvalue weighted by atomic mass is 9.68. The molecule has 0 atom stereocenters. The minimum atomic E-state index is -0.290. The van der Waals surface area contributed by atoms with E-state index >= 15 is 0 Å². The van der Waals surface area contributed by atoms with Crippen LogP contribution in [0, 0.1) is 10.8 Å². The monoisotopic (exact) mass is 664 g/mol. The second kappa shape index (κ2) is 13.0. The van der Waals surface area contributed by atoms with E-state index in [0.29, 0.717) is 18.1 Å². The van der Waals surface area contributed by atoms with Gasteiger partial charge < -0.3 is 19.7 Å².